The number of carbonyl (C=O) groups excluding carboxylic acids is 1. The number of aromatic nitrogens is 2. The van der Waals surface area contributed by atoms with Crippen LogP contribution < -0.4 is 0 Å². The molecular formula is C17H15FN4O2. The largest absolute Gasteiger partial charge is 0.461 e. The van der Waals surface area contributed by atoms with E-state index in [4.69, 9.17) is 4.74 Å². The molecule has 2 aromatic heterocycles. The lowest BCUT2D eigenvalue weighted by Crippen LogP contribution is -2.05. The highest BCUT2D eigenvalue weighted by atomic mass is 19.1. The number of esters is 1. The normalized spacial score (nSPS) is 11.3. The molecule has 0 aliphatic carbocycles. The number of hydrogen-bond donors (Lipinski definition) is 0. The Morgan fingerprint density at radius 1 is 1.21 bits per heavy atom. The molecule has 0 saturated heterocycles. The molecule has 1 aromatic carbocycles. The Hall–Kier alpha value is -3.09. The van der Waals surface area contributed by atoms with Crippen molar-refractivity contribution in [2.75, 3.05) is 6.61 Å². The van der Waals surface area contributed by atoms with Gasteiger partial charge in [0.1, 0.15) is 11.5 Å². The number of hydrogen-bond acceptors (Lipinski definition) is 5. The van der Waals surface area contributed by atoms with E-state index < -0.39 is 5.97 Å². The first-order valence-electron chi connectivity index (χ1n) is 7.42. The fourth-order valence-corrected chi connectivity index (χ4v) is 2.28. The van der Waals surface area contributed by atoms with Crippen LogP contribution in [0.25, 0.3) is 5.65 Å². The summed E-state index contributed by atoms with van der Waals surface area (Å²) in [5.41, 5.74) is 1.99. The van der Waals surface area contributed by atoms with Crippen molar-refractivity contribution in [2.24, 2.45) is 10.2 Å². The standard InChI is InChI=1S/C17H15FN4O2/c1-3-24-17(23)15-16(21-20-13-9-7-12(18)8-10-13)22-11(2)5-4-6-14(22)19-15/h4-10H,3H2,1-2H3. The first kappa shape index (κ1) is 15.8. The van der Waals surface area contributed by atoms with Crippen molar-refractivity contribution in [1.82, 2.24) is 9.38 Å². The third-order valence-corrected chi connectivity index (χ3v) is 3.37. The van der Waals surface area contributed by atoms with Gasteiger partial charge in [-0.05, 0) is 50.2 Å². The molecule has 0 N–H and O–H groups in total. The fourth-order valence-electron chi connectivity index (χ4n) is 2.28. The number of ether oxygens (including phenoxy) is 1. The molecule has 0 bridgehead atoms. The molecule has 7 heteroatoms. The number of carbonyl (C=O) groups is 1. The number of benzene rings is 1. The summed E-state index contributed by atoms with van der Waals surface area (Å²) in [6, 6.07) is 11.1. The average molecular weight is 326 g/mol. The van der Waals surface area contributed by atoms with Crippen LogP contribution in [0.5, 0.6) is 0 Å². The monoisotopic (exact) mass is 326 g/mol. The van der Waals surface area contributed by atoms with Gasteiger partial charge in [0.05, 0.1) is 12.3 Å². The Bertz CT molecular complexity index is 916. The van der Waals surface area contributed by atoms with Crippen LogP contribution in [0.4, 0.5) is 15.9 Å². The predicted octanol–water partition coefficient (Wildman–Crippen LogP) is 4.37. The second kappa shape index (κ2) is 6.57. The third-order valence-electron chi connectivity index (χ3n) is 3.37. The number of nitrogens with zero attached hydrogens (tertiary/aromatic N) is 4. The summed E-state index contributed by atoms with van der Waals surface area (Å²) in [4.78, 5) is 16.4. The maximum atomic E-state index is 13.0. The van der Waals surface area contributed by atoms with Crippen molar-refractivity contribution in [3.63, 3.8) is 0 Å². The Morgan fingerprint density at radius 2 is 1.96 bits per heavy atom. The highest BCUT2D eigenvalue weighted by molar-refractivity contribution is 5.93. The van der Waals surface area contributed by atoms with Gasteiger partial charge in [-0.3, -0.25) is 4.40 Å². The van der Waals surface area contributed by atoms with Crippen molar-refractivity contribution < 1.29 is 13.9 Å². The second-order valence-electron chi connectivity index (χ2n) is 5.04. The lowest BCUT2D eigenvalue weighted by Gasteiger charge is -2.02. The van der Waals surface area contributed by atoms with Crippen LogP contribution >= 0.6 is 0 Å². The SMILES string of the molecule is CCOC(=O)c1nc2cccc(C)n2c1N=Nc1ccc(F)cc1. The molecule has 0 saturated carbocycles. The third kappa shape index (κ3) is 3.01. The molecule has 0 spiro atoms. The molecule has 24 heavy (non-hydrogen) atoms. The molecule has 0 atom stereocenters. The predicted molar refractivity (Wildman–Crippen MR) is 86.5 cm³/mol. The van der Waals surface area contributed by atoms with Gasteiger partial charge in [0, 0.05) is 5.69 Å². The topological polar surface area (TPSA) is 68.3 Å². The van der Waals surface area contributed by atoms with Gasteiger partial charge < -0.3 is 4.74 Å². The van der Waals surface area contributed by atoms with E-state index in [0.717, 1.165) is 5.69 Å². The molecule has 0 radical (unpaired) electrons. The van der Waals surface area contributed by atoms with Crippen LogP contribution in [-0.4, -0.2) is 22.0 Å². The van der Waals surface area contributed by atoms with Crippen molar-refractivity contribution in [3.8, 4) is 0 Å². The highest BCUT2D eigenvalue weighted by Crippen LogP contribution is 2.26. The van der Waals surface area contributed by atoms with Crippen molar-refractivity contribution in [1.29, 1.82) is 0 Å². The van der Waals surface area contributed by atoms with E-state index in [-0.39, 0.29) is 23.9 Å². The van der Waals surface area contributed by atoms with Crippen LogP contribution in [0.3, 0.4) is 0 Å². The van der Waals surface area contributed by atoms with Gasteiger partial charge in [-0.1, -0.05) is 6.07 Å². The smallest absolute Gasteiger partial charge is 0.360 e. The van der Waals surface area contributed by atoms with E-state index in [1.807, 2.05) is 19.1 Å². The lowest BCUT2D eigenvalue weighted by atomic mass is 10.3. The van der Waals surface area contributed by atoms with Gasteiger partial charge in [-0.15, -0.1) is 10.2 Å². The minimum Gasteiger partial charge on any atom is -0.461 e. The van der Waals surface area contributed by atoms with Crippen LogP contribution in [0.2, 0.25) is 0 Å². The van der Waals surface area contributed by atoms with Crippen LogP contribution in [0.15, 0.2) is 52.7 Å². The molecule has 3 aromatic rings. The summed E-state index contributed by atoms with van der Waals surface area (Å²) in [5.74, 6) is -0.633. The van der Waals surface area contributed by atoms with Crippen LogP contribution in [0.1, 0.15) is 23.1 Å². The summed E-state index contributed by atoms with van der Waals surface area (Å²) < 4.78 is 19.7. The average Bonchev–Trinajstić information content (AvgIpc) is 2.95. The zero-order valence-corrected chi connectivity index (χ0v) is 13.2. The lowest BCUT2D eigenvalue weighted by molar-refractivity contribution is 0.0521. The number of halogens is 1. The van der Waals surface area contributed by atoms with Gasteiger partial charge in [0.25, 0.3) is 0 Å². The summed E-state index contributed by atoms with van der Waals surface area (Å²) in [7, 11) is 0. The Balaban J connectivity index is 2.11. The zero-order chi connectivity index (χ0) is 17.1. The molecule has 122 valence electrons. The van der Waals surface area contributed by atoms with Crippen molar-refractivity contribution in [3.05, 3.63) is 59.7 Å². The summed E-state index contributed by atoms with van der Waals surface area (Å²) in [6.45, 7) is 3.83. The summed E-state index contributed by atoms with van der Waals surface area (Å²) in [5, 5.41) is 8.23. The highest BCUT2D eigenvalue weighted by Gasteiger charge is 2.21. The molecule has 0 aliphatic rings. The first-order valence-corrected chi connectivity index (χ1v) is 7.42. The number of azo groups is 1. The molecule has 2 heterocycles. The van der Waals surface area contributed by atoms with Gasteiger partial charge in [-0.25, -0.2) is 14.2 Å². The minimum absolute atomic E-state index is 0.0945. The number of imidazole rings is 1. The van der Waals surface area contributed by atoms with E-state index in [1.165, 1.54) is 24.3 Å². The van der Waals surface area contributed by atoms with E-state index in [0.29, 0.717) is 11.3 Å². The van der Waals surface area contributed by atoms with E-state index >= 15 is 0 Å². The molecule has 6 nitrogen and oxygen atoms in total. The molecule has 0 unspecified atom stereocenters. The van der Waals surface area contributed by atoms with Crippen LogP contribution in [-0.2, 0) is 4.74 Å². The maximum Gasteiger partial charge on any atom is 0.360 e. The molecule has 0 aliphatic heterocycles. The number of rotatable bonds is 4. The van der Waals surface area contributed by atoms with Crippen LogP contribution in [0, 0.1) is 12.7 Å². The van der Waals surface area contributed by atoms with E-state index in [2.05, 4.69) is 15.2 Å². The molecule has 0 fully saturated rings. The minimum atomic E-state index is -0.561. The van der Waals surface area contributed by atoms with E-state index in [9.17, 15) is 9.18 Å². The van der Waals surface area contributed by atoms with Gasteiger partial charge in [-0.2, -0.15) is 0 Å². The van der Waals surface area contributed by atoms with Gasteiger partial charge >= 0.3 is 5.97 Å². The maximum absolute atomic E-state index is 13.0. The van der Waals surface area contributed by atoms with Crippen molar-refractivity contribution >= 4 is 23.1 Å². The summed E-state index contributed by atoms with van der Waals surface area (Å²) >= 11 is 0. The fraction of sp³-hybridized carbons (Fsp3) is 0.176. The van der Waals surface area contributed by atoms with Gasteiger partial charge in [0.2, 0.25) is 0 Å². The Morgan fingerprint density at radius 3 is 2.67 bits per heavy atom. The summed E-state index contributed by atoms with van der Waals surface area (Å²) in [6.07, 6.45) is 0. The quantitative estimate of drug-likeness (QED) is 0.528. The second-order valence-corrected chi connectivity index (χ2v) is 5.04. The first-order chi connectivity index (χ1) is 11.6. The number of aryl methyl sites for hydroxylation is 1. The zero-order valence-electron chi connectivity index (χ0n) is 13.2. The van der Waals surface area contributed by atoms with Crippen molar-refractivity contribution in [2.45, 2.75) is 13.8 Å². The molecule has 3 rings (SSSR count). The molecule has 0 amide bonds. The van der Waals surface area contributed by atoms with Gasteiger partial charge in [0.15, 0.2) is 11.5 Å². The molecular weight excluding hydrogens is 311 g/mol. The number of pyridine rings is 1. The Labute approximate surface area is 137 Å². The Kier molecular flexibility index (Phi) is 4.33. The van der Waals surface area contributed by atoms with E-state index in [1.54, 1.807) is 17.4 Å². The number of fused-ring (bicyclic) bond motifs is 1.